The fourth-order valence-electron chi connectivity index (χ4n) is 2.22. The second-order valence-corrected chi connectivity index (χ2v) is 5.08. The Morgan fingerprint density at radius 2 is 1.88 bits per heavy atom. The summed E-state index contributed by atoms with van der Waals surface area (Å²) in [7, 11) is 0. The molecule has 0 saturated carbocycles. The Hall–Kier alpha value is -3.05. The smallest absolute Gasteiger partial charge is 0.396 e. The third-order valence-electron chi connectivity index (χ3n) is 3.35. The van der Waals surface area contributed by atoms with Gasteiger partial charge in [0.15, 0.2) is 0 Å². The van der Waals surface area contributed by atoms with Crippen molar-refractivity contribution in [3.63, 3.8) is 0 Å². The Bertz CT molecular complexity index is 814. The molecule has 0 saturated heterocycles. The lowest BCUT2D eigenvalue weighted by molar-refractivity contribution is -0.137. The first-order valence-corrected chi connectivity index (χ1v) is 7.23. The van der Waals surface area contributed by atoms with Crippen LogP contribution in [0.1, 0.15) is 16.7 Å². The minimum absolute atomic E-state index is 0.0940. The largest absolute Gasteiger partial charge is 0.417 e. The Labute approximate surface area is 141 Å². The average molecular weight is 349 g/mol. The number of nitriles is 1. The summed E-state index contributed by atoms with van der Waals surface area (Å²) in [5.74, 6) is 0. The molecule has 0 bridgehead atoms. The SMILES string of the molecule is N#Cc1ccc(NC(=O)Nc2ccccc2CCO)cc1C(F)(F)F. The van der Waals surface area contributed by atoms with E-state index >= 15 is 0 Å². The first-order valence-electron chi connectivity index (χ1n) is 7.23. The predicted molar refractivity (Wildman–Crippen MR) is 86.0 cm³/mol. The summed E-state index contributed by atoms with van der Waals surface area (Å²) in [6.45, 7) is -0.106. The van der Waals surface area contributed by atoms with E-state index in [-0.39, 0.29) is 12.3 Å². The minimum Gasteiger partial charge on any atom is -0.396 e. The highest BCUT2D eigenvalue weighted by molar-refractivity contribution is 6.00. The quantitative estimate of drug-likeness (QED) is 0.786. The summed E-state index contributed by atoms with van der Waals surface area (Å²) in [6.07, 6.45) is -4.38. The van der Waals surface area contributed by atoms with Gasteiger partial charge in [0.1, 0.15) is 0 Å². The van der Waals surface area contributed by atoms with Crippen molar-refractivity contribution < 1.29 is 23.1 Å². The van der Waals surface area contributed by atoms with Crippen molar-refractivity contribution in [2.75, 3.05) is 17.2 Å². The van der Waals surface area contributed by atoms with E-state index < -0.39 is 23.3 Å². The van der Waals surface area contributed by atoms with Crippen LogP contribution in [0.3, 0.4) is 0 Å². The van der Waals surface area contributed by atoms with Crippen molar-refractivity contribution in [2.24, 2.45) is 0 Å². The number of nitrogens with one attached hydrogen (secondary N) is 2. The second-order valence-electron chi connectivity index (χ2n) is 5.08. The van der Waals surface area contributed by atoms with Gasteiger partial charge in [-0.2, -0.15) is 18.4 Å². The van der Waals surface area contributed by atoms with Gasteiger partial charge in [-0.1, -0.05) is 18.2 Å². The first kappa shape index (κ1) is 18.3. The average Bonchev–Trinajstić information content (AvgIpc) is 2.56. The van der Waals surface area contributed by atoms with Crippen molar-refractivity contribution >= 4 is 17.4 Å². The number of urea groups is 1. The molecule has 0 aliphatic carbocycles. The fraction of sp³-hybridized carbons (Fsp3) is 0.176. The molecule has 130 valence electrons. The molecule has 0 aliphatic heterocycles. The number of aliphatic hydroxyl groups excluding tert-OH is 1. The maximum absolute atomic E-state index is 12.9. The van der Waals surface area contributed by atoms with Crippen molar-refractivity contribution in [2.45, 2.75) is 12.6 Å². The van der Waals surface area contributed by atoms with Crippen LogP contribution in [-0.2, 0) is 12.6 Å². The van der Waals surface area contributed by atoms with E-state index in [4.69, 9.17) is 10.4 Å². The number of hydrogen-bond donors (Lipinski definition) is 3. The van der Waals surface area contributed by atoms with Gasteiger partial charge in [0.2, 0.25) is 0 Å². The van der Waals surface area contributed by atoms with Gasteiger partial charge in [-0.05, 0) is 36.2 Å². The third-order valence-corrected chi connectivity index (χ3v) is 3.35. The molecule has 0 radical (unpaired) electrons. The van der Waals surface area contributed by atoms with E-state index in [9.17, 15) is 18.0 Å². The van der Waals surface area contributed by atoms with E-state index in [1.54, 1.807) is 24.3 Å². The molecule has 0 aliphatic rings. The van der Waals surface area contributed by atoms with Crippen LogP contribution in [-0.4, -0.2) is 17.7 Å². The lowest BCUT2D eigenvalue weighted by atomic mass is 10.1. The summed E-state index contributed by atoms with van der Waals surface area (Å²) >= 11 is 0. The molecule has 8 heteroatoms. The summed E-state index contributed by atoms with van der Waals surface area (Å²) in [5, 5.41) is 22.6. The number of para-hydroxylation sites is 1. The van der Waals surface area contributed by atoms with E-state index in [0.29, 0.717) is 23.7 Å². The van der Waals surface area contributed by atoms with Gasteiger partial charge in [-0.15, -0.1) is 0 Å². The Morgan fingerprint density at radius 3 is 2.52 bits per heavy atom. The molecule has 2 amide bonds. The number of carbonyl (C=O) groups is 1. The number of alkyl halides is 3. The number of benzene rings is 2. The molecule has 0 unspecified atom stereocenters. The van der Waals surface area contributed by atoms with E-state index in [1.165, 1.54) is 12.1 Å². The van der Waals surface area contributed by atoms with Crippen LogP contribution >= 0.6 is 0 Å². The van der Waals surface area contributed by atoms with Gasteiger partial charge in [-0.3, -0.25) is 0 Å². The number of rotatable bonds is 4. The zero-order chi connectivity index (χ0) is 18.4. The van der Waals surface area contributed by atoms with Crippen LogP contribution in [0, 0.1) is 11.3 Å². The lowest BCUT2D eigenvalue weighted by Crippen LogP contribution is -2.21. The number of halogens is 3. The number of carbonyl (C=O) groups excluding carboxylic acids is 1. The number of aliphatic hydroxyl groups is 1. The zero-order valence-corrected chi connectivity index (χ0v) is 12.9. The molecule has 0 aromatic heterocycles. The molecule has 25 heavy (non-hydrogen) atoms. The number of amides is 2. The van der Waals surface area contributed by atoms with Crippen LogP contribution in [0.2, 0.25) is 0 Å². The van der Waals surface area contributed by atoms with Gasteiger partial charge in [0, 0.05) is 18.0 Å². The molecule has 0 heterocycles. The van der Waals surface area contributed by atoms with Crippen molar-refractivity contribution in [3.05, 3.63) is 59.2 Å². The van der Waals surface area contributed by atoms with Gasteiger partial charge in [-0.25, -0.2) is 4.79 Å². The minimum atomic E-state index is -4.70. The van der Waals surface area contributed by atoms with Gasteiger partial charge in [0.25, 0.3) is 0 Å². The molecule has 2 aromatic rings. The number of nitrogens with zero attached hydrogens (tertiary/aromatic N) is 1. The van der Waals surface area contributed by atoms with Crippen LogP contribution < -0.4 is 10.6 Å². The molecule has 3 N–H and O–H groups in total. The molecular weight excluding hydrogens is 335 g/mol. The molecule has 0 atom stereocenters. The maximum Gasteiger partial charge on any atom is 0.417 e. The first-order chi connectivity index (χ1) is 11.8. The molecule has 0 spiro atoms. The Kier molecular flexibility index (Phi) is 5.62. The molecular formula is C17H14F3N3O2. The fourth-order valence-corrected chi connectivity index (χ4v) is 2.22. The zero-order valence-electron chi connectivity index (χ0n) is 12.9. The highest BCUT2D eigenvalue weighted by Crippen LogP contribution is 2.33. The van der Waals surface area contributed by atoms with Crippen LogP contribution in [0.15, 0.2) is 42.5 Å². The molecule has 2 rings (SSSR count). The molecule has 0 fully saturated rings. The Balaban J connectivity index is 2.18. The van der Waals surface area contributed by atoms with Crippen molar-refractivity contribution in [1.29, 1.82) is 5.26 Å². The highest BCUT2D eigenvalue weighted by atomic mass is 19.4. The van der Waals surface area contributed by atoms with Gasteiger partial charge >= 0.3 is 12.2 Å². The number of anilines is 2. The van der Waals surface area contributed by atoms with E-state index in [1.807, 2.05) is 0 Å². The standard InChI is InChI=1S/C17H14F3N3O2/c18-17(19,20)14-9-13(6-5-12(14)10-21)22-16(25)23-15-4-2-1-3-11(15)7-8-24/h1-6,9,24H,7-8H2,(H2,22,23,25). The monoisotopic (exact) mass is 349 g/mol. The normalized spacial score (nSPS) is 10.8. The van der Waals surface area contributed by atoms with E-state index in [2.05, 4.69) is 10.6 Å². The summed E-state index contributed by atoms with van der Waals surface area (Å²) in [6, 6.07) is 10.4. The summed E-state index contributed by atoms with van der Waals surface area (Å²) < 4.78 is 38.8. The van der Waals surface area contributed by atoms with Crippen molar-refractivity contribution in [1.82, 2.24) is 0 Å². The van der Waals surface area contributed by atoms with Crippen molar-refractivity contribution in [3.8, 4) is 6.07 Å². The van der Waals surface area contributed by atoms with Crippen LogP contribution in [0.25, 0.3) is 0 Å². The van der Waals surface area contributed by atoms with Crippen LogP contribution in [0.5, 0.6) is 0 Å². The summed E-state index contributed by atoms with van der Waals surface area (Å²) in [5.41, 5.74) is -0.599. The Morgan fingerprint density at radius 1 is 1.16 bits per heavy atom. The van der Waals surface area contributed by atoms with Crippen LogP contribution in [0.4, 0.5) is 29.3 Å². The molecule has 2 aromatic carbocycles. The lowest BCUT2D eigenvalue weighted by Gasteiger charge is -2.13. The second kappa shape index (κ2) is 7.68. The highest BCUT2D eigenvalue weighted by Gasteiger charge is 2.33. The third kappa shape index (κ3) is 4.71. The summed E-state index contributed by atoms with van der Waals surface area (Å²) in [4.78, 5) is 12.0. The predicted octanol–water partition coefficient (Wildman–Crippen LogP) is 3.76. The van der Waals surface area contributed by atoms with E-state index in [0.717, 1.165) is 6.07 Å². The maximum atomic E-state index is 12.9. The van der Waals surface area contributed by atoms with Gasteiger partial charge in [0.05, 0.1) is 17.2 Å². The number of hydrogen-bond acceptors (Lipinski definition) is 3. The topological polar surface area (TPSA) is 85.2 Å². The van der Waals surface area contributed by atoms with Gasteiger partial charge < -0.3 is 15.7 Å². The molecule has 5 nitrogen and oxygen atoms in total.